The molecule has 0 saturated heterocycles. The fourth-order valence-electron chi connectivity index (χ4n) is 2.07. The van der Waals surface area contributed by atoms with E-state index >= 15 is 0 Å². The van der Waals surface area contributed by atoms with E-state index < -0.39 is 0 Å². The molecule has 0 spiro atoms. The zero-order valence-electron chi connectivity index (χ0n) is 12.3. The molecule has 0 atom stereocenters. The fraction of sp³-hybridized carbons (Fsp3) is 0.235. The van der Waals surface area contributed by atoms with Crippen LogP contribution in [0.1, 0.15) is 29.3 Å². The lowest BCUT2D eigenvalue weighted by atomic mass is 10.1. The van der Waals surface area contributed by atoms with Gasteiger partial charge >= 0.3 is 0 Å². The SMILES string of the molecule is CCCc1ccc(Oc2ccc(C(=O)NC)cc2N)cc1. The van der Waals surface area contributed by atoms with E-state index in [0.717, 1.165) is 18.6 Å². The number of hydrogen-bond donors (Lipinski definition) is 2. The molecule has 0 bridgehead atoms. The number of amides is 1. The summed E-state index contributed by atoms with van der Waals surface area (Å²) < 4.78 is 5.75. The Morgan fingerprint density at radius 3 is 2.48 bits per heavy atom. The Kier molecular flexibility index (Phi) is 4.82. The van der Waals surface area contributed by atoms with Crippen molar-refractivity contribution in [2.45, 2.75) is 19.8 Å². The van der Waals surface area contributed by atoms with E-state index in [-0.39, 0.29) is 5.91 Å². The highest BCUT2D eigenvalue weighted by Gasteiger charge is 2.08. The summed E-state index contributed by atoms with van der Waals surface area (Å²) in [5, 5.41) is 2.56. The van der Waals surface area contributed by atoms with Crippen molar-refractivity contribution in [1.82, 2.24) is 5.32 Å². The molecule has 0 aliphatic rings. The van der Waals surface area contributed by atoms with Crippen LogP contribution in [-0.2, 0) is 6.42 Å². The smallest absolute Gasteiger partial charge is 0.251 e. The van der Waals surface area contributed by atoms with Crippen LogP contribution in [0.5, 0.6) is 11.5 Å². The summed E-state index contributed by atoms with van der Waals surface area (Å²) in [5.41, 5.74) is 8.17. The number of aryl methyl sites for hydroxylation is 1. The van der Waals surface area contributed by atoms with Crippen molar-refractivity contribution in [2.24, 2.45) is 0 Å². The molecule has 4 heteroatoms. The van der Waals surface area contributed by atoms with Gasteiger partial charge in [0.25, 0.3) is 5.91 Å². The Morgan fingerprint density at radius 1 is 1.19 bits per heavy atom. The number of anilines is 1. The summed E-state index contributed by atoms with van der Waals surface area (Å²) in [6, 6.07) is 13.0. The van der Waals surface area contributed by atoms with Gasteiger partial charge in [-0.1, -0.05) is 25.5 Å². The van der Waals surface area contributed by atoms with Crippen LogP contribution >= 0.6 is 0 Å². The monoisotopic (exact) mass is 284 g/mol. The molecule has 1 amide bonds. The van der Waals surface area contributed by atoms with E-state index in [2.05, 4.69) is 12.2 Å². The number of carbonyl (C=O) groups is 1. The Hall–Kier alpha value is -2.49. The molecule has 2 rings (SSSR count). The highest BCUT2D eigenvalue weighted by molar-refractivity contribution is 5.95. The number of nitrogen functional groups attached to an aromatic ring is 1. The maximum Gasteiger partial charge on any atom is 0.251 e. The van der Waals surface area contributed by atoms with Gasteiger partial charge in [0.05, 0.1) is 5.69 Å². The van der Waals surface area contributed by atoms with Gasteiger partial charge in [-0.15, -0.1) is 0 Å². The normalized spacial score (nSPS) is 10.2. The summed E-state index contributed by atoms with van der Waals surface area (Å²) >= 11 is 0. The molecule has 0 fully saturated rings. The van der Waals surface area contributed by atoms with Crippen molar-refractivity contribution in [3.63, 3.8) is 0 Å². The van der Waals surface area contributed by atoms with E-state index in [1.807, 2.05) is 24.3 Å². The maximum atomic E-state index is 11.5. The summed E-state index contributed by atoms with van der Waals surface area (Å²) in [7, 11) is 1.58. The van der Waals surface area contributed by atoms with Crippen molar-refractivity contribution in [2.75, 3.05) is 12.8 Å². The zero-order chi connectivity index (χ0) is 15.2. The molecule has 0 unspecified atom stereocenters. The number of benzene rings is 2. The van der Waals surface area contributed by atoms with Crippen LogP contribution in [-0.4, -0.2) is 13.0 Å². The van der Waals surface area contributed by atoms with Crippen molar-refractivity contribution >= 4 is 11.6 Å². The average Bonchev–Trinajstić information content (AvgIpc) is 2.50. The predicted octanol–water partition coefficient (Wildman–Crippen LogP) is 3.37. The number of nitrogens with one attached hydrogen (secondary N) is 1. The van der Waals surface area contributed by atoms with Gasteiger partial charge in [0.2, 0.25) is 0 Å². The van der Waals surface area contributed by atoms with Crippen molar-refractivity contribution in [3.8, 4) is 11.5 Å². The van der Waals surface area contributed by atoms with Gasteiger partial charge < -0.3 is 15.8 Å². The second kappa shape index (κ2) is 6.79. The van der Waals surface area contributed by atoms with Crippen LogP contribution in [0.3, 0.4) is 0 Å². The minimum atomic E-state index is -0.169. The first-order valence-electron chi connectivity index (χ1n) is 7.02. The number of hydrogen-bond acceptors (Lipinski definition) is 3. The third-order valence-corrected chi connectivity index (χ3v) is 3.19. The molecule has 2 aromatic carbocycles. The van der Waals surface area contributed by atoms with Crippen LogP contribution in [0, 0.1) is 0 Å². The Balaban J connectivity index is 2.14. The first-order valence-corrected chi connectivity index (χ1v) is 7.02. The largest absolute Gasteiger partial charge is 0.455 e. The maximum absolute atomic E-state index is 11.5. The molecule has 0 radical (unpaired) electrons. The molecular formula is C17H20N2O2. The van der Waals surface area contributed by atoms with Gasteiger partial charge in [-0.25, -0.2) is 0 Å². The summed E-state index contributed by atoms with van der Waals surface area (Å²) in [6.07, 6.45) is 2.18. The molecule has 110 valence electrons. The van der Waals surface area contributed by atoms with E-state index in [4.69, 9.17) is 10.5 Å². The first-order chi connectivity index (χ1) is 10.1. The minimum Gasteiger partial charge on any atom is -0.455 e. The molecule has 0 aliphatic heterocycles. The molecule has 0 aliphatic carbocycles. The van der Waals surface area contributed by atoms with Gasteiger partial charge in [-0.3, -0.25) is 4.79 Å². The summed E-state index contributed by atoms with van der Waals surface area (Å²) in [4.78, 5) is 11.5. The lowest BCUT2D eigenvalue weighted by Crippen LogP contribution is -2.17. The zero-order valence-corrected chi connectivity index (χ0v) is 12.3. The summed E-state index contributed by atoms with van der Waals surface area (Å²) in [6.45, 7) is 2.15. The molecule has 4 nitrogen and oxygen atoms in total. The summed E-state index contributed by atoms with van der Waals surface area (Å²) in [5.74, 6) is 1.11. The third kappa shape index (κ3) is 3.75. The second-order valence-electron chi connectivity index (χ2n) is 4.83. The predicted molar refractivity (Wildman–Crippen MR) is 84.8 cm³/mol. The average molecular weight is 284 g/mol. The Labute approximate surface area is 124 Å². The van der Waals surface area contributed by atoms with Gasteiger partial charge in [-0.05, 0) is 42.3 Å². The quantitative estimate of drug-likeness (QED) is 0.827. The first kappa shape index (κ1) is 14.9. The van der Waals surface area contributed by atoms with E-state index in [1.165, 1.54) is 5.56 Å². The van der Waals surface area contributed by atoms with Crippen LogP contribution in [0.15, 0.2) is 42.5 Å². The molecular weight excluding hydrogens is 264 g/mol. The number of carbonyl (C=O) groups excluding carboxylic acids is 1. The lowest BCUT2D eigenvalue weighted by molar-refractivity contribution is 0.0963. The standard InChI is InChI=1S/C17H20N2O2/c1-3-4-12-5-8-14(9-6-12)21-16-10-7-13(11-15(16)18)17(20)19-2/h5-11H,3-4,18H2,1-2H3,(H,19,20). The minimum absolute atomic E-state index is 0.169. The van der Waals surface area contributed by atoms with Gasteiger partial charge in [-0.2, -0.15) is 0 Å². The van der Waals surface area contributed by atoms with Crippen molar-refractivity contribution in [3.05, 3.63) is 53.6 Å². The molecule has 0 aromatic heterocycles. The second-order valence-corrected chi connectivity index (χ2v) is 4.83. The van der Waals surface area contributed by atoms with Crippen LogP contribution in [0.2, 0.25) is 0 Å². The van der Waals surface area contributed by atoms with Crippen LogP contribution in [0.25, 0.3) is 0 Å². The Bertz CT molecular complexity index is 621. The fourth-order valence-corrected chi connectivity index (χ4v) is 2.07. The number of nitrogens with two attached hydrogens (primary N) is 1. The number of ether oxygens (including phenoxy) is 1. The molecule has 0 heterocycles. The van der Waals surface area contributed by atoms with Crippen LogP contribution in [0.4, 0.5) is 5.69 Å². The van der Waals surface area contributed by atoms with E-state index in [1.54, 1.807) is 25.2 Å². The van der Waals surface area contributed by atoms with E-state index in [0.29, 0.717) is 17.0 Å². The van der Waals surface area contributed by atoms with E-state index in [9.17, 15) is 4.79 Å². The molecule has 0 saturated carbocycles. The van der Waals surface area contributed by atoms with Crippen molar-refractivity contribution in [1.29, 1.82) is 0 Å². The molecule has 2 aromatic rings. The van der Waals surface area contributed by atoms with Gasteiger partial charge in [0.1, 0.15) is 11.5 Å². The van der Waals surface area contributed by atoms with Gasteiger partial charge in [0.15, 0.2) is 0 Å². The number of rotatable bonds is 5. The topological polar surface area (TPSA) is 64.3 Å². The highest BCUT2D eigenvalue weighted by atomic mass is 16.5. The van der Waals surface area contributed by atoms with Gasteiger partial charge in [0, 0.05) is 12.6 Å². The molecule has 21 heavy (non-hydrogen) atoms. The molecule has 3 N–H and O–H groups in total. The lowest BCUT2D eigenvalue weighted by Gasteiger charge is -2.10. The highest BCUT2D eigenvalue weighted by Crippen LogP contribution is 2.28. The Morgan fingerprint density at radius 2 is 1.90 bits per heavy atom. The third-order valence-electron chi connectivity index (χ3n) is 3.19. The van der Waals surface area contributed by atoms with Crippen molar-refractivity contribution < 1.29 is 9.53 Å². The van der Waals surface area contributed by atoms with Crippen LogP contribution < -0.4 is 15.8 Å².